The van der Waals surface area contributed by atoms with Gasteiger partial charge in [0.2, 0.25) is 0 Å². The van der Waals surface area contributed by atoms with E-state index in [4.69, 9.17) is 9.47 Å². The molecule has 0 aliphatic heterocycles. The highest BCUT2D eigenvalue weighted by atomic mass is 16.5. The van der Waals surface area contributed by atoms with Crippen LogP contribution in [0.25, 0.3) is 0 Å². The summed E-state index contributed by atoms with van der Waals surface area (Å²) in [4.78, 5) is 16.0. The first-order valence-corrected chi connectivity index (χ1v) is 9.16. The molecule has 6 heteroatoms. The van der Waals surface area contributed by atoms with Crippen molar-refractivity contribution in [2.75, 3.05) is 13.2 Å². The van der Waals surface area contributed by atoms with Gasteiger partial charge < -0.3 is 20.1 Å². The lowest BCUT2D eigenvalue weighted by atomic mass is 10.1. The summed E-state index contributed by atoms with van der Waals surface area (Å²) in [5.74, 6) is 1.05. The van der Waals surface area contributed by atoms with E-state index in [2.05, 4.69) is 15.6 Å². The van der Waals surface area contributed by atoms with Crippen LogP contribution in [0.4, 0.5) is 0 Å². The van der Waals surface area contributed by atoms with E-state index in [1.165, 1.54) is 5.56 Å². The van der Waals surface area contributed by atoms with Crippen molar-refractivity contribution >= 4 is 5.91 Å². The second-order valence-electron chi connectivity index (χ2n) is 7.26. The maximum absolute atomic E-state index is 12.0. The first-order valence-electron chi connectivity index (χ1n) is 9.16. The lowest BCUT2D eigenvalue weighted by Crippen LogP contribution is -2.43. The van der Waals surface area contributed by atoms with Crippen LogP contribution in [-0.4, -0.2) is 29.6 Å². The molecule has 0 aliphatic carbocycles. The molecular weight excluding hydrogens is 342 g/mol. The molecule has 0 aliphatic rings. The highest BCUT2D eigenvalue weighted by Gasteiger charge is 2.15. The van der Waals surface area contributed by atoms with E-state index in [9.17, 15) is 4.79 Å². The van der Waals surface area contributed by atoms with Crippen molar-refractivity contribution in [3.63, 3.8) is 0 Å². The van der Waals surface area contributed by atoms with Crippen LogP contribution in [0, 0.1) is 0 Å². The molecule has 1 aromatic heterocycles. The molecule has 0 bridgehead atoms. The third kappa shape index (κ3) is 7.66. The van der Waals surface area contributed by atoms with Crippen molar-refractivity contribution in [2.24, 2.45) is 0 Å². The first kappa shape index (κ1) is 20.7. The summed E-state index contributed by atoms with van der Waals surface area (Å²) < 4.78 is 11.3. The fourth-order valence-corrected chi connectivity index (χ4v) is 2.50. The molecule has 0 saturated carbocycles. The molecule has 0 unspecified atom stereocenters. The fourth-order valence-electron chi connectivity index (χ4n) is 2.50. The van der Waals surface area contributed by atoms with Crippen LogP contribution >= 0.6 is 0 Å². The molecule has 0 radical (unpaired) electrons. The predicted molar refractivity (Wildman–Crippen MR) is 106 cm³/mol. The van der Waals surface area contributed by atoms with Gasteiger partial charge in [-0.1, -0.05) is 6.07 Å². The number of benzene rings is 1. The lowest BCUT2D eigenvalue weighted by Gasteiger charge is -2.21. The number of aromatic nitrogens is 1. The molecule has 2 N–H and O–H groups in total. The summed E-state index contributed by atoms with van der Waals surface area (Å²) in [6, 6.07) is 9.73. The number of ether oxygens (including phenoxy) is 2. The van der Waals surface area contributed by atoms with Crippen molar-refractivity contribution in [3.05, 3.63) is 53.9 Å². The summed E-state index contributed by atoms with van der Waals surface area (Å²) in [5.41, 5.74) is 1.98. The molecule has 0 fully saturated rings. The molecule has 27 heavy (non-hydrogen) atoms. The Labute approximate surface area is 161 Å². The molecule has 0 saturated heterocycles. The van der Waals surface area contributed by atoms with Crippen molar-refractivity contribution in [3.8, 4) is 11.5 Å². The van der Waals surface area contributed by atoms with Crippen molar-refractivity contribution in [2.45, 2.75) is 46.3 Å². The fraction of sp³-hybridized carbons (Fsp3) is 0.429. The minimum atomic E-state index is -0.284. The number of nitrogens with one attached hydrogen (secondary N) is 2. The van der Waals surface area contributed by atoms with Crippen molar-refractivity contribution in [1.82, 2.24) is 15.6 Å². The number of rotatable bonds is 9. The van der Waals surface area contributed by atoms with Gasteiger partial charge in [0, 0.05) is 31.0 Å². The Balaban J connectivity index is 1.93. The Morgan fingerprint density at radius 1 is 1.00 bits per heavy atom. The second-order valence-corrected chi connectivity index (χ2v) is 7.26. The molecule has 0 spiro atoms. The van der Waals surface area contributed by atoms with E-state index >= 15 is 0 Å². The SMILES string of the molecule is CCOc1cc(CNCc2ccncc2)ccc1OCC(=O)NC(C)(C)C. The lowest BCUT2D eigenvalue weighted by molar-refractivity contribution is -0.124. The van der Waals surface area contributed by atoms with Gasteiger partial charge in [0.25, 0.3) is 5.91 Å². The zero-order valence-corrected chi connectivity index (χ0v) is 16.5. The van der Waals surface area contributed by atoms with Gasteiger partial charge in [-0.3, -0.25) is 9.78 Å². The monoisotopic (exact) mass is 371 g/mol. The van der Waals surface area contributed by atoms with Gasteiger partial charge in [-0.25, -0.2) is 0 Å². The topological polar surface area (TPSA) is 72.5 Å². The van der Waals surface area contributed by atoms with Crippen LogP contribution in [0.1, 0.15) is 38.8 Å². The summed E-state index contributed by atoms with van der Waals surface area (Å²) in [6.45, 7) is 9.67. The Hall–Kier alpha value is -2.60. The standard InChI is InChI=1S/C21H29N3O3/c1-5-26-19-12-17(14-23-13-16-8-10-22-11-9-16)6-7-18(19)27-15-20(25)24-21(2,3)4/h6-12,23H,5,13-15H2,1-4H3,(H,24,25). The van der Waals surface area contributed by atoms with Crippen LogP contribution < -0.4 is 20.1 Å². The summed E-state index contributed by atoms with van der Waals surface area (Å²) in [7, 11) is 0. The third-order valence-electron chi connectivity index (χ3n) is 3.59. The number of nitrogens with zero attached hydrogens (tertiary/aromatic N) is 1. The minimum absolute atomic E-state index is 0.0447. The number of pyridine rings is 1. The molecule has 1 amide bonds. The molecular formula is C21H29N3O3. The molecule has 6 nitrogen and oxygen atoms in total. The van der Waals surface area contributed by atoms with Crippen LogP contribution in [0.3, 0.4) is 0 Å². The Morgan fingerprint density at radius 2 is 1.70 bits per heavy atom. The summed E-state index contributed by atoms with van der Waals surface area (Å²) in [6.07, 6.45) is 3.57. The first-order chi connectivity index (χ1) is 12.9. The van der Waals surface area contributed by atoms with Crippen molar-refractivity contribution < 1.29 is 14.3 Å². The third-order valence-corrected chi connectivity index (χ3v) is 3.59. The van der Waals surface area contributed by atoms with Gasteiger partial charge >= 0.3 is 0 Å². The van der Waals surface area contributed by atoms with Crippen LogP contribution in [-0.2, 0) is 17.9 Å². The number of hydrogen-bond acceptors (Lipinski definition) is 5. The van der Waals surface area contributed by atoms with E-state index in [1.54, 1.807) is 12.4 Å². The van der Waals surface area contributed by atoms with Crippen LogP contribution in [0.15, 0.2) is 42.7 Å². The molecule has 1 heterocycles. The second kappa shape index (κ2) is 9.92. The molecule has 2 rings (SSSR count). The largest absolute Gasteiger partial charge is 0.490 e. The average molecular weight is 371 g/mol. The quantitative estimate of drug-likeness (QED) is 0.709. The smallest absolute Gasteiger partial charge is 0.258 e. The molecule has 1 aromatic carbocycles. The van der Waals surface area contributed by atoms with E-state index in [0.29, 0.717) is 24.7 Å². The van der Waals surface area contributed by atoms with Gasteiger partial charge in [0.15, 0.2) is 18.1 Å². The van der Waals surface area contributed by atoms with Crippen LogP contribution in [0.5, 0.6) is 11.5 Å². The van der Waals surface area contributed by atoms with E-state index in [1.807, 2.05) is 58.0 Å². The minimum Gasteiger partial charge on any atom is -0.490 e. The highest BCUT2D eigenvalue weighted by molar-refractivity contribution is 5.78. The van der Waals surface area contributed by atoms with E-state index in [0.717, 1.165) is 12.1 Å². The van der Waals surface area contributed by atoms with Gasteiger partial charge in [-0.05, 0) is 63.1 Å². The van der Waals surface area contributed by atoms with Gasteiger partial charge in [0.05, 0.1) is 6.61 Å². The maximum Gasteiger partial charge on any atom is 0.258 e. The van der Waals surface area contributed by atoms with Gasteiger partial charge in [-0.15, -0.1) is 0 Å². The number of carbonyl (C=O) groups is 1. The number of carbonyl (C=O) groups excluding carboxylic acids is 1. The van der Waals surface area contributed by atoms with Crippen molar-refractivity contribution in [1.29, 1.82) is 0 Å². The average Bonchev–Trinajstić information content (AvgIpc) is 2.61. The number of hydrogen-bond donors (Lipinski definition) is 2. The zero-order valence-electron chi connectivity index (χ0n) is 16.5. The highest BCUT2D eigenvalue weighted by Crippen LogP contribution is 2.28. The van der Waals surface area contributed by atoms with Crippen LogP contribution in [0.2, 0.25) is 0 Å². The Kier molecular flexibility index (Phi) is 7.61. The Morgan fingerprint density at radius 3 is 2.37 bits per heavy atom. The number of amides is 1. The summed E-state index contributed by atoms with van der Waals surface area (Å²) in [5, 5.41) is 6.27. The molecule has 146 valence electrons. The zero-order chi connectivity index (χ0) is 19.7. The maximum atomic E-state index is 12.0. The Bertz CT molecular complexity index is 727. The van der Waals surface area contributed by atoms with E-state index in [-0.39, 0.29) is 18.1 Å². The van der Waals surface area contributed by atoms with E-state index < -0.39 is 0 Å². The van der Waals surface area contributed by atoms with Gasteiger partial charge in [-0.2, -0.15) is 0 Å². The molecule has 0 atom stereocenters. The normalized spacial score (nSPS) is 11.1. The summed E-state index contributed by atoms with van der Waals surface area (Å²) >= 11 is 0. The predicted octanol–water partition coefficient (Wildman–Crippen LogP) is 3.06. The molecule has 2 aromatic rings. The van der Waals surface area contributed by atoms with Gasteiger partial charge in [0.1, 0.15) is 0 Å².